The van der Waals surface area contributed by atoms with Crippen molar-refractivity contribution in [3.05, 3.63) is 29.8 Å². The van der Waals surface area contributed by atoms with Crippen molar-refractivity contribution >= 4 is 21.8 Å². The van der Waals surface area contributed by atoms with Gasteiger partial charge in [0, 0.05) is 24.0 Å². The van der Waals surface area contributed by atoms with Gasteiger partial charge in [-0.15, -0.1) is 13.2 Å². The number of hydrogen-bond donors (Lipinski definition) is 0. The number of alkyl halides is 4. The van der Waals surface area contributed by atoms with E-state index in [1.54, 1.807) is 4.90 Å². The first-order valence-corrected chi connectivity index (χ1v) is 7.72. The van der Waals surface area contributed by atoms with Crippen molar-refractivity contribution < 1.29 is 22.7 Å². The number of nitrogens with zero attached hydrogens (tertiary/aromatic N) is 1. The topological polar surface area (TPSA) is 29.5 Å². The van der Waals surface area contributed by atoms with Crippen LogP contribution in [0.1, 0.15) is 23.2 Å². The van der Waals surface area contributed by atoms with Crippen molar-refractivity contribution in [2.45, 2.75) is 19.2 Å². The molecule has 0 aliphatic carbocycles. The summed E-state index contributed by atoms with van der Waals surface area (Å²) >= 11 is 3.38. The molecule has 1 amide bonds. The van der Waals surface area contributed by atoms with Crippen molar-refractivity contribution in [1.82, 2.24) is 4.90 Å². The van der Waals surface area contributed by atoms with Crippen LogP contribution in [0.5, 0.6) is 5.75 Å². The van der Waals surface area contributed by atoms with Gasteiger partial charge in [-0.2, -0.15) is 0 Å². The number of carbonyl (C=O) groups is 1. The van der Waals surface area contributed by atoms with Crippen molar-refractivity contribution in [2.24, 2.45) is 5.92 Å². The number of rotatable bonds is 4. The molecule has 0 aromatic heterocycles. The molecule has 1 saturated heterocycles. The summed E-state index contributed by atoms with van der Waals surface area (Å²) in [6.07, 6.45) is -2.74. The summed E-state index contributed by atoms with van der Waals surface area (Å²) in [5, 5.41) is 0.906. The van der Waals surface area contributed by atoms with E-state index in [0.29, 0.717) is 24.6 Å². The summed E-state index contributed by atoms with van der Waals surface area (Å²) in [4.78, 5) is 14.0. The highest BCUT2D eigenvalue weighted by atomic mass is 79.9. The Hall–Kier alpha value is -1.24. The van der Waals surface area contributed by atoms with E-state index < -0.39 is 6.36 Å². The van der Waals surface area contributed by atoms with Gasteiger partial charge in [-0.25, -0.2) is 0 Å². The fraction of sp³-hybridized carbons (Fsp3) is 0.500. The molecule has 1 unspecified atom stereocenters. The first-order chi connectivity index (χ1) is 9.89. The number of amides is 1. The average Bonchev–Trinajstić information content (AvgIpc) is 2.86. The van der Waals surface area contributed by atoms with Crippen LogP contribution in [0.25, 0.3) is 0 Å². The van der Waals surface area contributed by atoms with Crippen LogP contribution in [0.15, 0.2) is 24.3 Å². The van der Waals surface area contributed by atoms with E-state index in [0.717, 1.165) is 30.3 Å². The van der Waals surface area contributed by atoms with Crippen molar-refractivity contribution in [3.8, 4) is 5.75 Å². The predicted molar refractivity (Wildman–Crippen MR) is 75.5 cm³/mol. The number of likely N-dealkylation sites (tertiary alicyclic amines) is 1. The van der Waals surface area contributed by atoms with Crippen molar-refractivity contribution in [3.63, 3.8) is 0 Å². The molecule has 3 nitrogen and oxygen atoms in total. The monoisotopic (exact) mass is 365 g/mol. The highest BCUT2D eigenvalue weighted by molar-refractivity contribution is 9.09. The Morgan fingerprint density at radius 1 is 1.33 bits per heavy atom. The number of hydrogen-bond acceptors (Lipinski definition) is 2. The Morgan fingerprint density at radius 3 is 2.57 bits per heavy atom. The molecule has 0 N–H and O–H groups in total. The van der Waals surface area contributed by atoms with Crippen LogP contribution >= 0.6 is 15.9 Å². The first kappa shape index (κ1) is 16.1. The Kier molecular flexibility index (Phi) is 5.13. The molecule has 1 atom stereocenters. The maximum Gasteiger partial charge on any atom is 0.573 e. The zero-order valence-corrected chi connectivity index (χ0v) is 12.8. The van der Waals surface area contributed by atoms with Gasteiger partial charge >= 0.3 is 6.36 Å². The van der Waals surface area contributed by atoms with Crippen LogP contribution in [0, 0.1) is 5.92 Å². The quantitative estimate of drug-likeness (QED) is 0.758. The van der Waals surface area contributed by atoms with Crippen molar-refractivity contribution in [1.29, 1.82) is 0 Å². The summed E-state index contributed by atoms with van der Waals surface area (Å²) in [5.74, 6) is 0.0180. The molecule has 0 radical (unpaired) electrons. The molecule has 1 aromatic rings. The third-order valence-electron chi connectivity index (χ3n) is 3.43. The SMILES string of the molecule is O=C(c1ccc(OC(F)(F)F)cc1)N1CCC(CCBr)C1. The van der Waals surface area contributed by atoms with E-state index in [2.05, 4.69) is 20.7 Å². The summed E-state index contributed by atoms with van der Waals surface area (Å²) in [7, 11) is 0. The van der Waals surface area contributed by atoms with Crippen LogP contribution in [0.3, 0.4) is 0 Å². The molecule has 1 aliphatic rings. The Bertz CT molecular complexity index is 490. The lowest BCUT2D eigenvalue weighted by atomic mass is 10.1. The van der Waals surface area contributed by atoms with E-state index >= 15 is 0 Å². The van der Waals surface area contributed by atoms with E-state index in [1.807, 2.05) is 0 Å². The number of halogens is 4. The lowest BCUT2D eigenvalue weighted by Crippen LogP contribution is -2.28. The van der Waals surface area contributed by atoms with Gasteiger partial charge in [0.1, 0.15) is 5.75 Å². The number of carbonyl (C=O) groups excluding carboxylic acids is 1. The van der Waals surface area contributed by atoms with Crippen LogP contribution in [0.4, 0.5) is 13.2 Å². The van der Waals surface area contributed by atoms with Gasteiger partial charge in [-0.05, 0) is 43.0 Å². The predicted octanol–water partition coefficient (Wildman–Crippen LogP) is 3.83. The maximum atomic E-state index is 12.2. The zero-order chi connectivity index (χ0) is 15.5. The molecule has 116 valence electrons. The normalized spacial score (nSPS) is 18.9. The lowest BCUT2D eigenvalue weighted by molar-refractivity contribution is -0.274. The summed E-state index contributed by atoms with van der Waals surface area (Å²) in [6.45, 7) is 1.39. The largest absolute Gasteiger partial charge is 0.573 e. The van der Waals surface area contributed by atoms with Gasteiger partial charge in [0.05, 0.1) is 0 Å². The van der Waals surface area contributed by atoms with Crippen LogP contribution < -0.4 is 4.74 Å². The molecule has 21 heavy (non-hydrogen) atoms. The van der Waals surface area contributed by atoms with E-state index in [-0.39, 0.29) is 11.7 Å². The van der Waals surface area contributed by atoms with Gasteiger partial charge in [0.25, 0.3) is 5.91 Å². The second kappa shape index (κ2) is 6.68. The molecule has 1 heterocycles. The Morgan fingerprint density at radius 2 is 2.00 bits per heavy atom. The Balaban J connectivity index is 1.97. The van der Waals surface area contributed by atoms with E-state index in [1.165, 1.54) is 12.1 Å². The number of benzene rings is 1. The summed E-state index contributed by atoms with van der Waals surface area (Å²) in [5.41, 5.74) is 0.379. The fourth-order valence-electron chi connectivity index (χ4n) is 2.39. The van der Waals surface area contributed by atoms with Crippen LogP contribution in [-0.2, 0) is 0 Å². The average molecular weight is 366 g/mol. The standard InChI is InChI=1S/C14H15BrF3NO2/c15-7-5-10-6-8-19(9-10)13(20)11-1-3-12(4-2-11)21-14(16,17)18/h1-4,10H,5-9H2. The third kappa shape index (κ3) is 4.62. The van der Waals surface area contributed by atoms with Gasteiger partial charge in [0.15, 0.2) is 0 Å². The van der Waals surface area contributed by atoms with Crippen molar-refractivity contribution in [2.75, 3.05) is 18.4 Å². The minimum absolute atomic E-state index is 0.148. The molecular formula is C14H15BrF3NO2. The van der Waals surface area contributed by atoms with Gasteiger partial charge < -0.3 is 9.64 Å². The molecule has 0 spiro atoms. The maximum absolute atomic E-state index is 12.2. The molecule has 0 saturated carbocycles. The lowest BCUT2D eigenvalue weighted by Gasteiger charge is -2.17. The molecule has 1 fully saturated rings. The fourth-order valence-corrected chi connectivity index (χ4v) is 3.04. The van der Waals surface area contributed by atoms with E-state index in [9.17, 15) is 18.0 Å². The smallest absolute Gasteiger partial charge is 0.406 e. The highest BCUT2D eigenvalue weighted by Gasteiger charge is 2.31. The molecule has 1 aromatic carbocycles. The van der Waals surface area contributed by atoms with Gasteiger partial charge in [-0.3, -0.25) is 4.79 Å². The molecule has 7 heteroatoms. The minimum atomic E-state index is -4.72. The Labute approximate surface area is 129 Å². The van der Waals surface area contributed by atoms with Crippen LogP contribution in [0.2, 0.25) is 0 Å². The third-order valence-corrected chi connectivity index (χ3v) is 3.88. The minimum Gasteiger partial charge on any atom is -0.406 e. The molecule has 1 aliphatic heterocycles. The van der Waals surface area contributed by atoms with Gasteiger partial charge in [-0.1, -0.05) is 15.9 Å². The first-order valence-electron chi connectivity index (χ1n) is 6.60. The van der Waals surface area contributed by atoms with Crippen LogP contribution in [-0.4, -0.2) is 35.6 Å². The number of ether oxygens (including phenoxy) is 1. The summed E-state index contributed by atoms with van der Waals surface area (Å²) in [6, 6.07) is 5.04. The van der Waals surface area contributed by atoms with Gasteiger partial charge in [0.2, 0.25) is 0 Å². The highest BCUT2D eigenvalue weighted by Crippen LogP contribution is 2.25. The second-order valence-corrected chi connectivity index (χ2v) is 5.75. The second-order valence-electron chi connectivity index (χ2n) is 4.96. The van der Waals surface area contributed by atoms with E-state index in [4.69, 9.17) is 0 Å². The molecular weight excluding hydrogens is 351 g/mol. The molecule has 0 bridgehead atoms. The summed E-state index contributed by atoms with van der Waals surface area (Å²) < 4.78 is 40.0. The zero-order valence-electron chi connectivity index (χ0n) is 11.2. The molecule has 2 rings (SSSR count).